The Bertz CT molecular complexity index is 992. The van der Waals surface area contributed by atoms with Crippen molar-refractivity contribution < 1.29 is 19.1 Å². The topological polar surface area (TPSA) is 93.1 Å². The quantitative estimate of drug-likeness (QED) is 0.653. The molecule has 1 aliphatic heterocycles. The number of rotatable bonds is 5. The first-order chi connectivity index (χ1) is 13.5. The van der Waals surface area contributed by atoms with Crippen molar-refractivity contribution in [1.82, 2.24) is 19.5 Å². The number of furan rings is 1. The lowest BCUT2D eigenvalue weighted by molar-refractivity contribution is -0.150. The molecule has 0 saturated carbocycles. The van der Waals surface area contributed by atoms with Crippen molar-refractivity contribution in [3.8, 4) is 5.88 Å². The van der Waals surface area contributed by atoms with Gasteiger partial charge in [-0.3, -0.25) is 9.69 Å². The summed E-state index contributed by atoms with van der Waals surface area (Å²) in [6.45, 7) is 7.23. The lowest BCUT2D eigenvalue weighted by atomic mass is 9.96. The Morgan fingerprint density at radius 3 is 2.96 bits per heavy atom. The molecule has 4 heterocycles. The fraction of sp³-hybridized carbons (Fsp3) is 0.526. The molecule has 0 spiro atoms. The molecule has 28 heavy (non-hydrogen) atoms. The molecule has 150 valence electrons. The number of nitrogens with zero attached hydrogens (tertiary/aromatic N) is 4. The van der Waals surface area contributed by atoms with E-state index in [2.05, 4.69) is 15.0 Å². The van der Waals surface area contributed by atoms with Crippen LogP contribution in [0.3, 0.4) is 0 Å². The third-order valence-corrected chi connectivity index (χ3v) is 6.10. The van der Waals surface area contributed by atoms with Gasteiger partial charge >= 0.3 is 5.97 Å². The van der Waals surface area contributed by atoms with Crippen molar-refractivity contribution in [3.05, 3.63) is 34.4 Å². The number of aryl methyl sites for hydroxylation is 2. The number of carbonyl (C=O) groups excluding carboxylic acids is 1. The molecule has 4 rings (SSSR count). The van der Waals surface area contributed by atoms with Gasteiger partial charge in [-0.05, 0) is 52.3 Å². The number of fused-ring (bicyclic) bond motifs is 1. The minimum absolute atomic E-state index is 0.0675. The smallest absolute Gasteiger partial charge is 0.310 e. The number of hydrogen-bond donors (Lipinski definition) is 1. The molecule has 0 aromatic carbocycles. The van der Waals surface area contributed by atoms with Gasteiger partial charge in [-0.1, -0.05) is 11.3 Å². The Balaban J connectivity index is 1.72. The van der Waals surface area contributed by atoms with Gasteiger partial charge in [0, 0.05) is 6.54 Å². The maximum atomic E-state index is 12.3. The second kappa shape index (κ2) is 7.56. The van der Waals surface area contributed by atoms with Gasteiger partial charge in [0.1, 0.15) is 23.4 Å². The Morgan fingerprint density at radius 1 is 1.46 bits per heavy atom. The van der Waals surface area contributed by atoms with Gasteiger partial charge in [-0.2, -0.15) is 4.52 Å². The van der Waals surface area contributed by atoms with Crippen LogP contribution in [0.5, 0.6) is 5.88 Å². The third kappa shape index (κ3) is 3.40. The van der Waals surface area contributed by atoms with Gasteiger partial charge in [0.2, 0.25) is 10.8 Å². The monoisotopic (exact) mass is 404 g/mol. The van der Waals surface area contributed by atoms with Gasteiger partial charge in [0.05, 0.1) is 17.4 Å². The summed E-state index contributed by atoms with van der Waals surface area (Å²) in [5, 5.41) is 15.1. The van der Waals surface area contributed by atoms with Gasteiger partial charge in [-0.25, -0.2) is 4.98 Å². The summed E-state index contributed by atoms with van der Waals surface area (Å²) in [7, 11) is 0. The fourth-order valence-corrected chi connectivity index (χ4v) is 4.94. The van der Waals surface area contributed by atoms with Crippen LogP contribution in [-0.4, -0.2) is 50.3 Å². The van der Waals surface area contributed by atoms with Crippen molar-refractivity contribution >= 4 is 22.3 Å². The molecule has 1 saturated heterocycles. The van der Waals surface area contributed by atoms with Crippen LogP contribution in [0, 0.1) is 19.8 Å². The molecule has 1 N–H and O–H groups in total. The van der Waals surface area contributed by atoms with E-state index in [1.54, 1.807) is 6.92 Å². The Hall–Kier alpha value is -2.39. The van der Waals surface area contributed by atoms with Gasteiger partial charge < -0.3 is 14.3 Å². The van der Waals surface area contributed by atoms with Crippen molar-refractivity contribution in [2.24, 2.45) is 5.92 Å². The molecule has 1 aliphatic rings. The van der Waals surface area contributed by atoms with E-state index in [-0.39, 0.29) is 23.8 Å². The average molecular weight is 404 g/mol. The van der Waals surface area contributed by atoms with E-state index in [4.69, 9.17) is 9.15 Å². The Kier molecular flexibility index (Phi) is 5.11. The molecule has 0 bridgehead atoms. The summed E-state index contributed by atoms with van der Waals surface area (Å²) in [5.41, 5.74) is 0. The second-order valence-electron chi connectivity index (χ2n) is 7.08. The predicted molar refractivity (Wildman–Crippen MR) is 103 cm³/mol. The van der Waals surface area contributed by atoms with Crippen molar-refractivity contribution in [1.29, 1.82) is 0 Å². The summed E-state index contributed by atoms with van der Waals surface area (Å²) in [6.07, 6.45) is 1.68. The number of hydrogen-bond acceptors (Lipinski definition) is 8. The first kappa shape index (κ1) is 18.9. The summed E-state index contributed by atoms with van der Waals surface area (Å²) in [5.74, 6) is 1.87. The summed E-state index contributed by atoms with van der Waals surface area (Å²) in [6, 6.07) is 3.53. The Morgan fingerprint density at radius 2 is 2.29 bits per heavy atom. The molecule has 2 atom stereocenters. The van der Waals surface area contributed by atoms with E-state index in [1.807, 2.05) is 26.0 Å². The number of esters is 1. The molecule has 3 aromatic heterocycles. The van der Waals surface area contributed by atoms with Crippen molar-refractivity contribution in [2.75, 3.05) is 19.7 Å². The highest BCUT2D eigenvalue weighted by Gasteiger charge is 2.36. The number of aromatic nitrogens is 3. The predicted octanol–water partition coefficient (Wildman–Crippen LogP) is 3.07. The summed E-state index contributed by atoms with van der Waals surface area (Å²) < 4.78 is 12.6. The highest BCUT2D eigenvalue weighted by molar-refractivity contribution is 7.17. The second-order valence-corrected chi connectivity index (χ2v) is 8.09. The van der Waals surface area contributed by atoms with Crippen LogP contribution in [0.2, 0.25) is 0 Å². The lowest BCUT2D eigenvalue weighted by Crippen LogP contribution is -2.41. The van der Waals surface area contributed by atoms with E-state index < -0.39 is 0 Å². The van der Waals surface area contributed by atoms with Crippen LogP contribution in [-0.2, 0) is 9.53 Å². The lowest BCUT2D eigenvalue weighted by Gasteiger charge is -2.36. The number of aromatic hydroxyl groups is 1. The molecule has 1 fully saturated rings. The Labute approximate surface area is 166 Å². The molecule has 0 aliphatic carbocycles. The van der Waals surface area contributed by atoms with Crippen LogP contribution in [0.15, 0.2) is 16.5 Å². The number of carbonyl (C=O) groups is 1. The first-order valence-corrected chi connectivity index (χ1v) is 10.3. The summed E-state index contributed by atoms with van der Waals surface area (Å²) in [4.78, 5) is 20.2. The van der Waals surface area contributed by atoms with Gasteiger partial charge in [0.15, 0.2) is 0 Å². The molecule has 0 amide bonds. The highest BCUT2D eigenvalue weighted by Crippen LogP contribution is 2.41. The third-order valence-electron chi connectivity index (χ3n) is 5.02. The standard InChI is InChI=1S/C19H24N4O4S/c1-4-26-18(25)13-6-5-9-22(10-13)15(14-8-7-11(2)27-14)16-17(24)23-19(28-16)20-12(3)21-23/h7-8,13,15,24H,4-6,9-10H2,1-3H3/t13-,15+/m1/s1. The number of thiazole rings is 1. The van der Waals surface area contributed by atoms with Gasteiger partial charge in [-0.15, -0.1) is 5.10 Å². The van der Waals surface area contributed by atoms with Crippen LogP contribution in [0.25, 0.3) is 4.96 Å². The van der Waals surface area contributed by atoms with E-state index in [1.165, 1.54) is 15.9 Å². The highest BCUT2D eigenvalue weighted by atomic mass is 32.1. The maximum Gasteiger partial charge on any atom is 0.310 e. The zero-order valence-electron chi connectivity index (χ0n) is 16.2. The number of ether oxygens (including phenoxy) is 1. The molecular weight excluding hydrogens is 380 g/mol. The maximum absolute atomic E-state index is 12.3. The molecule has 0 radical (unpaired) electrons. The van der Waals surface area contributed by atoms with Gasteiger partial charge in [0.25, 0.3) is 0 Å². The average Bonchev–Trinajstić information content (AvgIpc) is 3.33. The SMILES string of the molecule is CCOC(=O)[C@@H]1CCCN([C@@H](c2ccc(C)o2)c2sc3nc(C)nn3c2O)C1. The van der Waals surface area contributed by atoms with E-state index in [0.29, 0.717) is 28.8 Å². The summed E-state index contributed by atoms with van der Waals surface area (Å²) >= 11 is 1.39. The minimum atomic E-state index is -0.306. The fourth-order valence-electron chi connectivity index (χ4n) is 3.79. The molecule has 9 heteroatoms. The molecule has 0 unspecified atom stereocenters. The van der Waals surface area contributed by atoms with Crippen LogP contribution < -0.4 is 0 Å². The zero-order chi connectivity index (χ0) is 19.8. The van der Waals surface area contributed by atoms with E-state index in [0.717, 1.165) is 30.9 Å². The normalized spacial score (nSPS) is 19.2. The van der Waals surface area contributed by atoms with Crippen molar-refractivity contribution in [2.45, 2.75) is 39.7 Å². The largest absolute Gasteiger partial charge is 0.492 e. The van der Waals surface area contributed by atoms with Crippen LogP contribution in [0.1, 0.15) is 48.0 Å². The van der Waals surface area contributed by atoms with Crippen LogP contribution in [0.4, 0.5) is 0 Å². The molecule has 8 nitrogen and oxygen atoms in total. The number of piperidine rings is 1. The molecule has 3 aromatic rings. The number of likely N-dealkylation sites (tertiary alicyclic amines) is 1. The van der Waals surface area contributed by atoms with Crippen molar-refractivity contribution in [3.63, 3.8) is 0 Å². The van der Waals surface area contributed by atoms with Crippen LogP contribution >= 0.6 is 11.3 Å². The minimum Gasteiger partial charge on any atom is -0.492 e. The van der Waals surface area contributed by atoms with E-state index >= 15 is 0 Å². The zero-order valence-corrected chi connectivity index (χ0v) is 17.0. The molecular formula is C19H24N4O4S. The first-order valence-electron chi connectivity index (χ1n) is 9.50. The van der Waals surface area contributed by atoms with E-state index in [9.17, 15) is 9.90 Å².